The Balaban J connectivity index is 1.82. The van der Waals surface area contributed by atoms with Crippen LogP contribution in [0.3, 0.4) is 0 Å². The predicted molar refractivity (Wildman–Crippen MR) is 102 cm³/mol. The molecule has 0 saturated carbocycles. The zero-order valence-electron chi connectivity index (χ0n) is 15.3. The van der Waals surface area contributed by atoms with Gasteiger partial charge in [0.2, 0.25) is 0 Å². The van der Waals surface area contributed by atoms with Gasteiger partial charge in [0.1, 0.15) is 10.8 Å². The van der Waals surface area contributed by atoms with Crippen LogP contribution in [0.2, 0.25) is 5.15 Å². The molecule has 5 nitrogen and oxygen atoms in total. The number of amides is 1. The van der Waals surface area contributed by atoms with E-state index in [4.69, 9.17) is 16.3 Å². The number of likely N-dealkylation sites (tertiary alicyclic amines) is 1. The molecule has 2 aromatic rings. The number of hydrogen-bond acceptors (Lipinski definition) is 4. The minimum absolute atomic E-state index is 0.246. The number of pyridine rings is 1. The summed E-state index contributed by atoms with van der Waals surface area (Å²) in [5.41, 5.74) is 1.85. The van der Waals surface area contributed by atoms with E-state index in [1.807, 2.05) is 47.1 Å². The maximum Gasteiger partial charge on any atom is 0.410 e. The van der Waals surface area contributed by atoms with Crippen LogP contribution in [0.1, 0.15) is 32.3 Å². The third-order valence-corrected chi connectivity index (χ3v) is 4.50. The van der Waals surface area contributed by atoms with Crippen LogP contribution in [-0.4, -0.2) is 48.8 Å². The minimum atomic E-state index is -0.465. The second-order valence-electron chi connectivity index (χ2n) is 7.74. The van der Waals surface area contributed by atoms with E-state index in [9.17, 15) is 4.79 Å². The van der Waals surface area contributed by atoms with Gasteiger partial charge in [-0.25, -0.2) is 9.78 Å². The van der Waals surface area contributed by atoms with E-state index in [-0.39, 0.29) is 6.09 Å². The number of ether oxygens (including phenoxy) is 1. The van der Waals surface area contributed by atoms with Gasteiger partial charge in [0, 0.05) is 50.4 Å². The Morgan fingerprint density at radius 3 is 2.56 bits per heavy atom. The quantitative estimate of drug-likeness (QED) is 0.748. The Morgan fingerprint density at radius 1 is 1.28 bits per heavy atom. The summed E-state index contributed by atoms with van der Waals surface area (Å²) in [7, 11) is 4.03. The highest BCUT2D eigenvalue weighted by Crippen LogP contribution is 2.35. The van der Waals surface area contributed by atoms with Crippen molar-refractivity contribution in [2.24, 2.45) is 0 Å². The Kier molecular flexibility index (Phi) is 4.54. The van der Waals surface area contributed by atoms with Crippen LogP contribution in [0, 0.1) is 0 Å². The molecule has 1 aliphatic rings. The number of fused-ring (bicyclic) bond motifs is 1. The van der Waals surface area contributed by atoms with Gasteiger partial charge in [-0.15, -0.1) is 0 Å². The second-order valence-corrected chi connectivity index (χ2v) is 8.13. The number of carbonyl (C=O) groups excluding carboxylic acids is 1. The molecule has 1 fully saturated rings. The maximum absolute atomic E-state index is 12.1. The average Bonchev–Trinajstić information content (AvgIpc) is 2.42. The minimum Gasteiger partial charge on any atom is -0.444 e. The van der Waals surface area contributed by atoms with Crippen LogP contribution in [0.15, 0.2) is 24.4 Å². The summed E-state index contributed by atoms with van der Waals surface area (Å²) >= 11 is 6.06. The van der Waals surface area contributed by atoms with E-state index in [1.165, 1.54) is 5.56 Å². The highest BCUT2D eigenvalue weighted by Gasteiger charge is 2.34. The Morgan fingerprint density at radius 2 is 1.96 bits per heavy atom. The molecule has 2 heterocycles. The monoisotopic (exact) mass is 361 g/mol. The molecule has 0 unspecified atom stereocenters. The first kappa shape index (κ1) is 17.8. The van der Waals surface area contributed by atoms with Crippen molar-refractivity contribution in [1.82, 2.24) is 9.88 Å². The topological polar surface area (TPSA) is 45.7 Å². The van der Waals surface area contributed by atoms with Crippen molar-refractivity contribution < 1.29 is 9.53 Å². The van der Waals surface area contributed by atoms with Crippen LogP contribution in [-0.2, 0) is 4.74 Å². The van der Waals surface area contributed by atoms with Gasteiger partial charge in [-0.1, -0.05) is 17.7 Å². The van der Waals surface area contributed by atoms with Crippen molar-refractivity contribution in [3.8, 4) is 0 Å². The van der Waals surface area contributed by atoms with Crippen LogP contribution in [0.4, 0.5) is 10.5 Å². The van der Waals surface area contributed by atoms with Gasteiger partial charge < -0.3 is 14.5 Å². The lowest BCUT2D eigenvalue weighted by atomic mass is 9.89. The number of benzene rings is 1. The maximum atomic E-state index is 12.1. The number of aromatic nitrogens is 1. The van der Waals surface area contributed by atoms with E-state index >= 15 is 0 Å². The van der Waals surface area contributed by atoms with Gasteiger partial charge in [-0.2, -0.15) is 0 Å². The molecule has 6 heteroatoms. The molecule has 1 aromatic carbocycles. The molecule has 1 amide bonds. The lowest BCUT2D eigenvalue weighted by molar-refractivity contribution is 0.00821. The Labute approximate surface area is 153 Å². The summed E-state index contributed by atoms with van der Waals surface area (Å²) in [5, 5.41) is 2.62. The van der Waals surface area contributed by atoms with E-state index in [0.717, 1.165) is 16.5 Å². The summed E-state index contributed by atoms with van der Waals surface area (Å²) in [4.78, 5) is 20.1. The standard InChI is InChI=1S/C19H24ClN3O2/c1-19(2,3)25-18(24)23-10-14(11-23)12-6-13-8-17(20)21-9-15(13)16(7-12)22(4)5/h6-9,14H,10-11H2,1-5H3. The third kappa shape index (κ3) is 3.82. The molecule has 0 aliphatic carbocycles. The number of rotatable bonds is 2. The van der Waals surface area contributed by atoms with E-state index in [0.29, 0.717) is 24.2 Å². The highest BCUT2D eigenvalue weighted by molar-refractivity contribution is 6.30. The van der Waals surface area contributed by atoms with Crippen molar-refractivity contribution >= 4 is 34.2 Å². The highest BCUT2D eigenvalue weighted by atomic mass is 35.5. The number of anilines is 1. The molecule has 0 N–H and O–H groups in total. The molecule has 3 rings (SSSR count). The smallest absolute Gasteiger partial charge is 0.410 e. The SMILES string of the molecule is CN(C)c1cc(C2CN(C(=O)OC(C)(C)C)C2)cc2cc(Cl)ncc12. The first-order valence-electron chi connectivity index (χ1n) is 8.38. The van der Waals surface area contributed by atoms with Crippen molar-refractivity contribution in [3.05, 3.63) is 35.1 Å². The van der Waals surface area contributed by atoms with E-state index in [2.05, 4.69) is 22.0 Å². The lowest BCUT2D eigenvalue weighted by Crippen LogP contribution is -2.50. The molecule has 0 atom stereocenters. The molecule has 25 heavy (non-hydrogen) atoms. The van der Waals surface area contributed by atoms with Crippen molar-refractivity contribution in [1.29, 1.82) is 0 Å². The Hall–Kier alpha value is -2.01. The third-order valence-electron chi connectivity index (χ3n) is 4.29. The van der Waals surface area contributed by atoms with Crippen LogP contribution < -0.4 is 4.90 Å². The molecule has 0 spiro atoms. The zero-order valence-corrected chi connectivity index (χ0v) is 16.1. The molecule has 1 saturated heterocycles. The molecule has 1 aliphatic heterocycles. The van der Waals surface area contributed by atoms with Crippen LogP contribution in [0.5, 0.6) is 0 Å². The number of halogens is 1. The Bertz CT molecular complexity index is 808. The van der Waals surface area contributed by atoms with E-state index in [1.54, 1.807) is 4.90 Å². The molecule has 1 aromatic heterocycles. The van der Waals surface area contributed by atoms with Crippen LogP contribution >= 0.6 is 11.6 Å². The van der Waals surface area contributed by atoms with Gasteiger partial charge in [-0.3, -0.25) is 0 Å². The largest absolute Gasteiger partial charge is 0.444 e. The van der Waals surface area contributed by atoms with Gasteiger partial charge in [0.05, 0.1) is 0 Å². The van der Waals surface area contributed by atoms with Crippen molar-refractivity contribution in [3.63, 3.8) is 0 Å². The first-order chi connectivity index (χ1) is 11.6. The first-order valence-corrected chi connectivity index (χ1v) is 8.76. The summed E-state index contributed by atoms with van der Waals surface area (Å²) in [6.45, 7) is 6.99. The van der Waals surface area contributed by atoms with Crippen molar-refractivity contribution in [2.45, 2.75) is 32.3 Å². The summed E-state index contributed by atoms with van der Waals surface area (Å²) < 4.78 is 5.43. The number of hydrogen-bond donors (Lipinski definition) is 0. The molecular weight excluding hydrogens is 338 g/mol. The normalized spacial score (nSPS) is 15.2. The van der Waals surface area contributed by atoms with Gasteiger partial charge in [-0.05, 0) is 43.9 Å². The second kappa shape index (κ2) is 6.37. The average molecular weight is 362 g/mol. The lowest BCUT2D eigenvalue weighted by Gasteiger charge is -2.40. The van der Waals surface area contributed by atoms with Gasteiger partial charge >= 0.3 is 6.09 Å². The molecule has 0 radical (unpaired) electrons. The fraction of sp³-hybridized carbons (Fsp3) is 0.474. The summed E-state index contributed by atoms with van der Waals surface area (Å²) in [5.74, 6) is 0.308. The zero-order chi connectivity index (χ0) is 18.4. The molecule has 0 bridgehead atoms. The van der Waals surface area contributed by atoms with Crippen LogP contribution in [0.25, 0.3) is 10.8 Å². The van der Waals surface area contributed by atoms with Crippen molar-refractivity contribution in [2.75, 3.05) is 32.1 Å². The number of carbonyl (C=O) groups is 1. The predicted octanol–water partition coefficient (Wildman–Crippen LogP) is 4.29. The van der Waals surface area contributed by atoms with E-state index < -0.39 is 5.60 Å². The summed E-state index contributed by atoms with van der Waals surface area (Å²) in [6.07, 6.45) is 1.56. The molecule has 134 valence electrons. The number of nitrogens with zero attached hydrogens (tertiary/aromatic N) is 3. The molecular formula is C19H24ClN3O2. The van der Waals surface area contributed by atoms with Gasteiger partial charge in [0.15, 0.2) is 0 Å². The van der Waals surface area contributed by atoms with Gasteiger partial charge in [0.25, 0.3) is 0 Å². The summed E-state index contributed by atoms with van der Waals surface area (Å²) in [6, 6.07) is 6.21. The fourth-order valence-corrected chi connectivity index (χ4v) is 3.17. The fourth-order valence-electron chi connectivity index (χ4n) is 3.01.